The number of allylic oxidation sites excluding steroid dienone is 6. The lowest BCUT2D eigenvalue weighted by Crippen LogP contribution is -2.47. The Morgan fingerprint density at radius 2 is 0.713 bits per heavy atom. The average molecular weight is 1130 g/mol. The fourth-order valence-corrected chi connectivity index (χ4v) is 14.2. The predicted octanol–water partition coefficient (Wildman–Crippen LogP) is 22.6. The number of nitrogens with zero attached hydrogens (tertiary/aromatic N) is 4. The third-order valence-electron chi connectivity index (χ3n) is 18.1. The van der Waals surface area contributed by atoms with Crippen molar-refractivity contribution in [3.8, 4) is 11.1 Å². The van der Waals surface area contributed by atoms with Crippen molar-refractivity contribution in [2.45, 2.75) is 86.6 Å². The van der Waals surface area contributed by atoms with Crippen LogP contribution >= 0.6 is 0 Å². The molecule has 0 saturated heterocycles. The van der Waals surface area contributed by atoms with Crippen LogP contribution in [0.5, 0.6) is 0 Å². The molecule has 1 unspecified atom stereocenters. The second-order valence-electron chi connectivity index (χ2n) is 24.7. The van der Waals surface area contributed by atoms with Crippen molar-refractivity contribution >= 4 is 62.4 Å². The topological polar surface area (TPSA) is 13.0 Å². The van der Waals surface area contributed by atoms with Crippen LogP contribution in [-0.4, -0.2) is 5.54 Å². The Bertz CT molecular complexity index is 4220. The molecule has 87 heavy (non-hydrogen) atoms. The maximum Gasteiger partial charge on any atom is 0.0691 e. The van der Waals surface area contributed by atoms with E-state index in [1.807, 2.05) is 6.08 Å². The van der Waals surface area contributed by atoms with Crippen molar-refractivity contribution in [2.24, 2.45) is 0 Å². The van der Waals surface area contributed by atoms with Crippen LogP contribution in [0, 0.1) is 48.5 Å². The zero-order valence-electron chi connectivity index (χ0n) is 52.0. The quantitative estimate of drug-likeness (QED) is 0.101. The van der Waals surface area contributed by atoms with E-state index in [4.69, 9.17) is 0 Å². The minimum absolute atomic E-state index is 0.587. The second-order valence-corrected chi connectivity index (χ2v) is 24.7. The molecule has 0 N–H and O–H groups in total. The van der Waals surface area contributed by atoms with Gasteiger partial charge in [0.05, 0.1) is 11.0 Å². The minimum atomic E-state index is -0.820. The van der Waals surface area contributed by atoms with E-state index < -0.39 is 11.0 Å². The Morgan fingerprint density at radius 3 is 1.05 bits per heavy atom. The SMILES string of the molecule is C=C/C(=C\C(C)=C/C)N(c1cccc(C)c1)C1(C)C=CC2=C(C1)C1(c3cc(N(c4cccc(C)c4)c4cccc(C)c4)ccc32)c2cc(N(c3cccc(C)c3)c3cccc(C)c3)ccc2-c2ccc(N(c3cccc(C)c3)c3cccc(C)c3)cc21. The molecule has 13 rings (SSSR count). The van der Waals surface area contributed by atoms with Crippen molar-refractivity contribution in [2.75, 3.05) is 19.6 Å². The number of anilines is 10. The molecule has 1 atom stereocenters. The van der Waals surface area contributed by atoms with Crippen LogP contribution in [-0.2, 0) is 5.41 Å². The number of rotatable bonds is 14. The van der Waals surface area contributed by atoms with E-state index >= 15 is 0 Å². The summed E-state index contributed by atoms with van der Waals surface area (Å²) in [6.07, 6.45) is 12.2. The smallest absolute Gasteiger partial charge is 0.0691 e. The molecule has 3 aliphatic rings. The molecule has 4 heteroatoms. The third-order valence-corrected chi connectivity index (χ3v) is 18.1. The molecule has 428 valence electrons. The summed E-state index contributed by atoms with van der Waals surface area (Å²) < 4.78 is 0. The number of benzene rings is 10. The third kappa shape index (κ3) is 10.0. The van der Waals surface area contributed by atoms with Crippen LogP contribution < -0.4 is 19.6 Å². The van der Waals surface area contributed by atoms with Crippen molar-refractivity contribution in [1.29, 1.82) is 0 Å². The van der Waals surface area contributed by atoms with Crippen molar-refractivity contribution in [3.05, 3.63) is 339 Å². The van der Waals surface area contributed by atoms with Gasteiger partial charge in [0, 0.05) is 62.6 Å². The summed E-state index contributed by atoms with van der Waals surface area (Å²) in [6, 6.07) is 84.8. The molecule has 0 fully saturated rings. The van der Waals surface area contributed by atoms with Crippen molar-refractivity contribution in [3.63, 3.8) is 0 Å². The maximum absolute atomic E-state index is 4.55. The van der Waals surface area contributed by atoms with E-state index in [0.717, 1.165) is 62.6 Å². The van der Waals surface area contributed by atoms with Crippen LogP contribution in [0.2, 0.25) is 0 Å². The lowest BCUT2D eigenvalue weighted by Gasteiger charge is -2.46. The highest BCUT2D eigenvalue weighted by Crippen LogP contribution is 2.67. The summed E-state index contributed by atoms with van der Waals surface area (Å²) in [5.41, 5.74) is 30.5. The van der Waals surface area contributed by atoms with E-state index in [1.54, 1.807) is 0 Å². The van der Waals surface area contributed by atoms with Gasteiger partial charge in [-0.15, -0.1) is 0 Å². The fourth-order valence-electron chi connectivity index (χ4n) is 14.2. The summed E-state index contributed by atoms with van der Waals surface area (Å²) in [6.45, 7) is 26.6. The Hall–Kier alpha value is -9.90. The number of aryl methyl sites for hydroxylation is 7. The molecule has 0 heterocycles. The maximum atomic E-state index is 4.55. The molecule has 10 aromatic rings. The largest absolute Gasteiger partial charge is 0.332 e. The zero-order valence-corrected chi connectivity index (χ0v) is 52.0. The predicted molar refractivity (Wildman–Crippen MR) is 371 cm³/mol. The number of hydrogen-bond acceptors (Lipinski definition) is 4. The molecule has 4 nitrogen and oxygen atoms in total. The first-order chi connectivity index (χ1) is 42.1. The van der Waals surface area contributed by atoms with E-state index in [0.29, 0.717) is 6.42 Å². The summed E-state index contributed by atoms with van der Waals surface area (Å²) in [4.78, 5) is 9.95. The normalized spacial score (nSPS) is 15.4. The van der Waals surface area contributed by atoms with E-state index in [1.165, 1.54) is 89.0 Å². The Morgan fingerprint density at radius 1 is 0.402 bits per heavy atom. The van der Waals surface area contributed by atoms with Gasteiger partial charge >= 0.3 is 0 Å². The second kappa shape index (κ2) is 22.5. The van der Waals surface area contributed by atoms with E-state index in [9.17, 15) is 0 Å². The average Bonchev–Trinajstić information content (AvgIpc) is 1.51. The first-order valence-electron chi connectivity index (χ1n) is 30.7. The lowest BCUT2D eigenvalue weighted by atomic mass is 9.65. The number of hydrogen-bond donors (Lipinski definition) is 0. The van der Waals surface area contributed by atoms with Crippen LogP contribution in [0.1, 0.15) is 88.4 Å². The molecule has 0 amide bonds. The van der Waals surface area contributed by atoms with Crippen molar-refractivity contribution < 1.29 is 0 Å². The van der Waals surface area contributed by atoms with Gasteiger partial charge in [-0.1, -0.05) is 134 Å². The van der Waals surface area contributed by atoms with Crippen LogP contribution in [0.3, 0.4) is 0 Å². The first-order valence-corrected chi connectivity index (χ1v) is 30.7. The number of fused-ring (bicyclic) bond motifs is 9. The van der Waals surface area contributed by atoms with Crippen LogP contribution in [0.4, 0.5) is 56.9 Å². The Kier molecular flexibility index (Phi) is 14.5. The van der Waals surface area contributed by atoms with Gasteiger partial charge < -0.3 is 19.6 Å². The molecule has 0 radical (unpaired) electrons. The van der Waals surface area contributed by atoms with Gasteiger partial charge in [-0.05, 0) is 293 Å². The fraction of sp³-hybridized carbons (Fsp3) is 0.157. The molecular weight excluding hydrogens is 1050 g/mol. The highest BCUT2D eigenvalue weighted by molar-refractivity contribution is 6.01. The molecule has 10 aromatic carbocycles. The minimum Gasteiger partial charge on any atom is -0.332 e. The summed E-state index contributed by atoms with van der Waals surface area (Å²) in [5.74, 6) is 0. The molecule has 0 saturated carbocycles. The van der Waals surface area contributed by atoms with Crippen LogP contribution in [0.25, 0.3) is 16.7 Å². The standard InChI is InChI=1S/C83H76N4/c1-12-55(3)43-63(13-2)87(73-34-20-27-62(10)50-73)82(11)42-41-77-76-40-37-72(86(68-32-18-25-60(8)48-68)69-33-19-26-61(9)49-69)53-80(76)83(81(77)54-82)78-51-70(84(64-28-14-21-56(4)44-64)65-29-15-22-57(5)45-65)35-38-74(78)75-39-36-71(52-79(75)83)85(66-30-16-23-58(6)46-66)67-31-17-24-59(7)47-67/h12-53H,2,54H2,1,3-11H3/b55-12-,63-43+. The molecule has 0 aliphatic heterocycles. The van der Waals surface area contributed by atoms with Gasteiger partial charge in [0.1, 0.15) is 0 Å². The van der Waals surface area contributed by atoms with E-state index in [2.05, 4.69) is 344 Å². The zero-order chi connectivity index (χ0) is 60.3. The molecule has 0 aromatic heterocycles. The summed E-state index contributed by atoms with van der Waals surface area (Å²) in [5, 5.41) is 0. The molecular formula is C83H76N4. The first kappa shape index (κ1) is 56.2. The Balaban J connectivity index is 1.15. The highest BCUT2D eigenvalue weighted by Gasteiger charge is 2.56. The molecule has 0 bridgehead atoms. The summed E-state index contributed by atoms with van der Waals surface area (Å²) >= 11 is 0. The highest BCUT2D eigenvalue weighted by atomic mass is 15.2. The van der Waals surface area contributed by atoms with Gasteiger partial charge in [0.25, 0.3) is 0 Å². The monoisotopic (exact) mass is 1130 g/mol. The molecule has 3 aliphatic carbocycles. The molecule has 1 spiro atoms. The summed E-state index contributed by atoms with van der Waals surface area (Å²) in [7, 11) is 0. The van der Waals surface area contributed by atoms with Gasteiger partial charge in [-0.3, -0.25) is 0 Å². The van der Waals surface area contributed by atoms with Crippen LogP contribution in [0.15, 0.2) is 278 Å². The van der Waals surface area contributed by atoms with Gasteiger partial charge in [-0.25, -0.2) is 0 Å². The van der Waals surface area contributed by atoms with Gasteiger partial charge in [0.2, 0.25) is 0 Å². The lowest BCUT2D eigenvalue weighted by molar-refractivity contribution is 0.517. The van der Waals surface area contributed by atoms with Gasteiger partial charge in [-0.2, -0.15) is 0 Å². The Labute approximate surface area is 516 Å². The van der Waals surface area contributed by atoms with Gasteiger partial charge in [0.15, 0.2) is 0 Å². The van der Waals surface area contributed by atoms with E-state index in [-0.39, 0.29) is 0 Å². The van der Waals surface area contributed by atoms with Crippen molar-refractivity contribution in [1.82, 2.24) is 0 Å².